The number of hydrogen-bond donors (Lipinski definition) is 1. The van der Waals surface area contributed by atoms with Crippen LogP contribution in [0.5, 0.6) is 0 Å². The van der Waals surface area contributed by atoms with Crippen LogP contribution in [0, 0.1) is 0 Å². The number of fused-ring (bicyclic) bond motifs is 1. The first kappa shape index (κ1) is 14.2. The van der Waals surface area contributed by atoms with Gasteiger partial charge in [-0.1, -0.05) is 42.5 Å². The van der Waals surface area contributed by atoms with Crippen molar-refractivity contribution in [3.63, 3.8) is 0 Å². The molecule has 116 valence electrons. The summed E-state index contributed by atoms with van der Waals surface area (Å²) >= 11 is 0. The van der Waals surface area contributed by atoms with Crippen LogP contribution < -0.4 is 5.73 Å². The van der Waals surface area contributed by atoms with Gasteiger partial charge in [0.25, 0.3) is 0 Å². The Bertz CT molecular complexity index is 1040. The smallest absolute Gasteiger partial charge is 0.248 e. The summed E-state index contributed by atoms with van der Waals surface area (Å²) in [5, 5.41) is 0. The minimum Gasteiger partial charge on any atom is -0.454 e. The summed E-state index contributed by atoms with van der Waals surface area (Å²) in [5.74, 6) is 0.194. The number of nitrogens with two attached hydrogens (primary N) is 1. The molecule has 4 aromatic rings. The molecule has 4 rings (SSSR count). The molecule has 0 aliphatic carbocycles. The average molecular weight is 314 g/mol. The van der Waals surface area contributed by atoms with Gasteiger partial charge in [-0.3, -0.25) is 9.78 Å². The summed E-state index contributed by atoms with van der Waals surface area (Å²) in [6.45, 7) is 0. The topological polar surface area (TPSA) is 69.1 Å². The van der Waals surface area contributed by atoms with E-state index in [1.165, 1.54) is 0 Å². The Morgan fingerprint density at radius 2 is 1.71 bits per heavy atom. The maximum atomic E-state index is 11.4. The van der Waals surface area contributed by atoms with E-state index in [2.05, 4.69) is 4.98 Å². The molecule has 2 aromatic carbocycles. The Morgan fingerprint density at radius 3 is 2.50 bits per heavy atom. The molecule has 2 heterocycles. The third kappa shape index (κ3) is 2.44. The van der Waals surface area contributed by atoms with E-state index in [-0.39, 0.29) is 0 Å². The third-order valence-corrected chi connectivity index (χ3v) is 3.93. The molecule has 2 N–H and O–H groups in total. The Balaban J connectivity index is 1.88. The standard InChI is InChI=1S/C20H14N2O2/c21-20(23)15-8-4-7-14(11-15)18-12-17-19(24-18)16(9-10-22-17)13-5-2-1-3-6-13/h1-12H,(H2,21,23). The molecule has 0 atom stereocenters. The second-order valence-electron chi connectivity index (χ2n) is 5.49. The molecule has 0 saturated heterocycles. The largest absolute Gasteiger partial charge is 0.454 e. The van der Waals surface area contributed by atoms with Gasteiger partial charge in [0.15, 0.2) is 5.58 Å². The third-order valence-electron chi connectivity index (χ3n) is 3.93. The summed E-state index contributed by atoms with van der Waals surface area (Å²) < 4.78 is 6.06. The lowest BCUT2D eigenvalue weighted by Crippen LogP contribution is -2.10. The van der Waals surface area contributed by atoms with Crippen molar-refractivity contribution in [1.82, 2.24) is 4.98 Å². The lowest BCUT2D eigenvalue weighted by molar-refractivity contribution is 0.100. The molecule has 0 unspecified atom stereocenters. The van der Waals surface area contributed by atoms with Crippen molar-refractivity contribution >= 4 is 17.0 Å². The molecule has 24 heavy (non-hydrogen) atoms. The first-order valence-corrected chi connectivity index (χ1v) is 7.56. The van der Waals surface area contributed by atoms with Crippen LogP contribution in [-0.2, 0) is 0 Å². The predicted molar refractivity (Wildman–Crippen MR) is 93.4 cm³/mol. The fourth-order valence-corrected chi connectivity index (χ4v) is 2.75. The molecule has 0 aliphatic rings. The van der Waals surface area contributed by atoms with Crippen molar-refractivity contribution in [3.05, 3.63) is 78.5 Å². The van der Waals surface area contributed by atoms with Gasteiger partial charge in [0.05, 0.1) is 0 Å². The number of rotatable bonds is 3. The SMILES string of the molecule is NC(=O)c1cccc(-c2cc3nccc(-c4ccccc4)c3o2)c1. The van der Waals surface area contributed by atoms with Crippen molar-refractivity contribution in [2.75, 3.05) is 0 Å². The quantitative estimate of drug-likeness (QED) is 0.614. The van der Waals surface area contributed by atoms with Gasteiger partial charge in [-0.15, -0.1) is 0 Å². The van der Waals surface area contributed by atoms with Crippen LogP contribution in [0.15, 0.2) is 77.3 Å². The molecule has 0 aliphatic heterocycles. The van der Waals surface area contributed by atoms with E-state index in [4.69, 9.17) is 10.2 Å². The summed E-state index contributed by atoms with van der Waals surface area (Å²) in [6.07, 6.45) is 1.77. The van der Waals surface area contributed by atoms with E-state index >= 15 is 0 Å². The number of pyridine rings is 1. The molecule has 2 aromatic heterocycles. The van der Waals surface area contributed by atoms with Crippen LogP contribution in [0.2, 0.25) is 0 Å². The summed E-state index contributed by atoms with van der Waals surface area (Å²) in [6, 6.07) is 20.9. The molecule has 4 heteroatoms. The van der Waals surface area contributed by atoms with Crippen molar-refractivity contribution in [3.8, 4) is 22.5 Å². The van der Waals surface area contributed by atoms with Crippen LogP contribution in [0.4, 0.5) is 0 Å². The van der Waals surface area contributed by atoms with Gasteiger partial charge in [0.2, 0.25) is 5.91 Å². The zero-order chi connectivity index (χ0) is 16.5. The summed E-state index contributed by atoms with van der Waals surface area (Å²) in [4.78, 5) is 15.8. The number of hydrogen-bond acceptors (Lipinski definition) is 3. The van der Waals surface area contributed by atoms with Gasteiger partial charge in [0, 0.05) is 29.0 Å². The number of amides is 1. The lowest BCUT2D eigenvalue weighted by atomic mass is 10.1. The van der Waals surface area contributed by atoms with Crippen LogP contribution in [0.25, 0.3) is 33.6 Å². The Labute approximate surface area is 138 Å². The number of carbonyl (C=O) groups excluding carboxylic acids is 1. The molecular weight excluding hydrogens is 300 g/mol. The van der Waals surface area contributed by atoms with Crippen molar-refractivity contribution < 1.29 is 9.21 Å². The fourth-order valence-electron chi connectivity index (χ4n) is 2.75. The van der Waals surface area contributed by atoms with E-state index in [1.807, 2.05) is 48.5 Å². The molecule has 0 fully saturated rings. The number of benzene rings is 2. The monoisotopic (exact) mass is 314 g/mol. The Morgan fingerprint density at radius 1 is 0.917 bits per heavy atom. The zero-order valence-corrected chi connectivity index (χ0v) is 12.8. The van der Waals surface area contributed by atoms with E-state index in [0.29, 0.717) is 11.3 Å². The second-order valence-corrected chi connectivity index (χ2v) is 5.49. The van der Waals surface area contributed by atoms with Crippen LogP contribution in [-0.4, -0.2) is 10.9 Å². The maximum Gasteiger partial charge on any atom is 0.248 e. The molecule has 0 bridgehead atoms. The number of primary amides is 1. The van der Waals surface area contributed by atoms with Crippen molar-refractivity contribution in [2.45, 2.75) is 0 Å². The Hall–Kier alpha value is -3.40. The van der Waals surface area contributed by atoms with E-state index in [1.54, 1.807) is 24.4 Å². The molecule has 0 radical (unpaired) electrons. The van der Waals surface area contributed by atoms with Crippen LogP contribution in [0.3, 0.4) is 0 Å². The minimum absolute atomic E-state index is 0.448. The van der Waals surface area contributed by atoms with Crippen LogP contribution >= 0.6 is 0 Å². The van der Waals surface area contributed by atoms with E-state index < -0.39 is 5.91 Å². The highest BCUT2D eigenvalue weighted by Gasteiger charge is 2.13. The van der Waals surface area contributed by atoms with Gasteiger partial charge in [-0.2, -0.15) is 0 Å². The number of aromatic nitrogens is 1. The molecule has 1 amide bonds. The summed E-state index contributed by atoms with van der Waals surface area (Å²) in [7, 11) is 0. The number of nitrogens with zero attached hydrogens (tertiary/aromatic N) is 1. The summed E-state index contributed by atoms with van der Waals surface area (Å²) in [5.41, 5.74) is 10.1. The lowest BCUT2D eigenvalue weighted by Gasteiger charge is -2.02. The van der Waals surface area contributed by atoms with E-state index in [9.17, 15) is 4.79 Å². The highest BCUT2D eigenvalue weighted by molar-refractivity contribution is 5.95. The first-order valence-electron chi connectivity index (χ1n) is 7.56. The second kappa shape index (κ2) is 5.66. The number of carbonyl (C=O) groups is 1. The highest BCUT2D eigenvalue weighted by Crippen LogP contribution is 2.33. The normalized spacial score (nSPS) is 10.8. The predicted octanol–water partition coefficient (Wildman–Crippen LogP) is 4.26. The van der Waals surface area contributed by atoms with Gasteiger partial charge in [-0.25, -0.2) is 0 Å². The minimum atomic E-state index is -0.462. The van der Waals surface area contributed by atoms with E-state index in [0.717, 1.165) is 27.8 Å². The average Bonchev–Trinajstić information content (AvgIpc) is 3.07. The van der Waals surface area contributed by atoms with Gasteiger partial charge >= 0.3 is 0 Å². The molecule has 0 saturated carbocycles. The van der Waals surface area contributed by atoms with Crippen LogP contribution in [0.1, 0.15) is 10.4 Å². The highest BCUT2D eigenvalue weighted by atomic mass is 16.3. The fraction of sp³-hybridized carbons (Fsp3) is 0. The van der Waals surface area contributed by atoms with Crippen molar-refractivity contribution in [1.29, 1.82) is 0 Å². The van der Waals surface area contributed by atoms with Gasteiger partial charge in [0.1, 0.15) is 11.3 Å². The molecular formula is C20H14N2O2. The molecule has 4 nitrogen and oxygen atoms in total. The maximum absolute atomic E-state index is 11.4. The van der Waals surface area contributed by atoms with Crippen molar-refractivity contribution in [2.24, 2.45) is 5.73 Å². The Kier molecular flexibility index (Phi) is 3.35. The van der Waals surface area contributed by atoms with Gasteiger partial charge in [-0.05, 0) is 23.8 Å². The zero-order valence-electron chi connectivity index (χ0n) is 12.8. The number of furan rings is 1. The molecule has 0 spiro atoms. The first-order chi connectivity index (χ1) is 11.7. The van der Waals surface area contributed by atoms with Gasteiger partial charge < -0.3 is 10.2 Å².